The Bertz CT molecular complexity index is 945. The summed E-state index contributed by atoms with van der Waals surface area (Å²) in [5.41, 5.74) is 7.28. The summed E-state index contributed by atoms with van der Waals surface area (Å²) in [4.78, 5) is 2.08. The lowest BCUT2D eigenvalue weighted by atomic mass is 9.96. The van der Waals surface area contributed by atoms with Crippen molar-refractivity contribution in [1.29, 1.82) is 0 Å². The molecule has 0 spiro atoms. The highest BCUT2D eigenvalue weighted by molar-refractivity contribution is 6.08. The van der Waals surface area contributed by atoms with E-state index in [0.717, 1.165) is 28.5 Å². The zero-order valence-electron chi connectivity index (χ0n) is 14.4. The van der Waals surface area contributed by atoms with Gasteiger partial charge in [-0.15, -0.1) is 0 Å². The molecule has 4 heteroatoms. The molecule has 0 unspecified atom stereocenters. The third-order valence-corrected chi connectivity index (χ3v) is 4.78. The standard InChI is InChI=1S/C21H21N3O/c1-24(2)16-10-7-15(8-11-16)19-13-20(23-22-19)18-12-9-14-5-3-4-6-17(14)21(18)25/h3-12,19,22,25H,13H2,1-2H3/t19-/m0/s1. The van der Waals surface area contributed by atoms with Crippen molar-refractivity contribution in [2.75, 3.05) is 19.0 Å². The molecule has 4 rings (SSSR count). The second-order valence-electron chi connectivity index (χ2n) is 6.61. The molecule has 0 radical (unpaired) electrons. The van der Waals surface area contributed by atoms with Gasteiger partial charge in [0, 0.05) is 37.2 Å². The molecule has 0 bridgehead atoms. The average molecular weight is 331 g/mol. The van der Waals surface area contributed by atoms with Gasteiger partial charge in [0.25, 0.3) is 0 Å². The highest BCUT2D eigenvalue weighted by Crippen LogP contribution is 2.33. The summed E-state index contributed by atoms with van der Waals surface area (Å²) in [5, 5.41) is 17.0. The van der Waals surface area contributed by atoms with E-state index in [1.54, 1.807) is 0 Å². The molecule has 0 aromatic heterocycles. The van der Waals surface area contributed by atoms with Crippen LogP contribution in [0.3, 0.4) is 0 Å². The molecule has 0 aliphatic carbocycles. The van der Waals surface area contributed by atoms with Crippen molar-refractivity contribution < 1.29 is 5.11 Å². The van der Waals surface area contributed by atoms with E-state index >= 15 is 0 Å². The van der Waals surface area contributed by atoms with Crippen molar-refractivity contribution in [2.45, 2.75) is 12.5 Å². The minimum Gasteiger partial charge on any atom is -0.507 e. The first-order chi connectivity index (χ1) is 12.1. The van der Waals surface area contributed by atoms with Crippen molar-refractivity contribution >= 4 is 22.2 Å². The van der Waals surface area contributed by atoms with Crippen molar-refractivity contribution in [2.24, 2.45) is 5.10 Å². The fourth-order valence-electron chi connectivity index (χ4n) is 3.30. The summed E-state index contributed by atoms with van der Waals surface area (Å²) in [7, 11) is 4.07. The number of hydrazone groups is 1. The molecule has 126 valence electrons. The van der Waals surface area contributed by atoms with Crippen LogP contribution in [0, 0.1) is 0 Å². The summed E-state index contributed by atoms with van der Waals surface area (Å²) in [6, 6.07) is 20.5. The van der Waals surface area contributed by atoms with Gasteiger partial charge in [0.05, 0.1) is 11.8 Å². The van der Waals surface area contributed by atoms with E-state index in [1.165, 1.54) is 11.3 Å². The third-order valence-electron chi connectivity index (χ3n) is 4.78. The van der Waals surface area contributed by atoms with Crippen LogP contribution in [0.25, 0.3) is 10.8 Å². The Hall–Kier alpha value is -3.01. The Morgan fingerprint density at radius 3 is 2.52 bits per heavy atom. The molecular formula is C21H21N3O. The lowest BCUT2D eigenvalue weighted by Crippen LogP contribution is -2.11. The number of benzene rings is 3. The Kier molecular flexibility index (Phi) is 3.80. The highest BCUT2D eigenvalue weighted by Gasteiger charge is 2.23. The van der Waals surface area contributed by atoms with Crippen LogP contribution < -0.4 is 10.3 Å². The number of hydrogen-bond acceptors (Lipinski definition) is 4. The van der Waals surface area contributed by atoms with E-state index in [9.17, 15) is 5.11 Å². The van der Waals surface area contributed by atoms with Gasteiger partial charge in [0.2, 0.25) is 0 Å². The number of anilines is 1. The molecule has 0 amide bonds. The fourth-order valence-corrected chi connectivity index (χ4v) is 3.30. The largest absolute Gasteiger partial charge is 0.507 e. The van der Waals surface area contributed by atoms with Crippen LogP contribution in [0.5, 0.6) is 5.75 Å². The van der Waals surface area contributed by atoms with Crippen LogP contribution in [0.4, 0.5) is 5.69 Å². The molecule has 2 N–H and O–H groups in total. The van der Waals surface area contributed by atoms with Gasteiger partial charge < -0.3 is 15.4 Å². The van der Waals surface area contributed by atoms with Gasteiger partial charge in [0.15, 0.2) is 0 Å². The maximum atomic E-state index is 10.7. The molecule has 0 fully saturated rings. The van der Waals surface area contributed by atoms with Gasteiger partial charge in [-0.2, -0.15) is 5.10 Å². The first-order valence-electron chi connectivity index (χ1n) is 8.44. The number of nitrogens with zero attached hydrogens (tertiary/aromatic N) is 2. The predicted octanol–water partition coefficient (Wildman–Crippen LogP) is 4.05. The van der Waals surface area contributed by atoms with Crippen molar-refractivity contribution in [3.63, 3.8) is 0 Å². The minimum absolute atomic E-state index is 0.136. The van der Waals surface area contributed by atoms with E-state index in [1.807, 2.05) is 50.5 Å². The summed E-state index contributed by atoms with van der Waals surface area (Å²) < 4.78 is 0. The minimum atomic E-state index is 0.136. The molecule has 1 heterocycles. The van der Waals surface area contributed by atoms with Crippen molar-refractivity contribution in [1.82, 2.24) is 5.43 Å². The highest BCUT2D eigenvalue weighted by atomic mass is 16.3. The molecule has 4 nitrogen and oxygen atoms in total. The zero-order chi connectivity index (χ0) is 17.4. The van der Waals surface area contributed by atoms with Gasteiger partial charge in [-0.1, -0.05) is 42.5 Å². The lowest BCUT2D eigenvalue weighted by molar-refractivity contribution is 0.480. The number of nitrogens with one attached hydrogen (secondary N) is 1. The van der Waals surface area contributed by atoms with E-state index < -0.39 is 0 Å². The molecule has 0 saturated carbocycles. The summed E-state index contributed by atoms with van der Waals surface area (Å²) >= 11 is 0. The second kappa shape index (κ2) is 6.13. The van der Waals surface area contributed by atoms with E-state index in [0.29, 0.717) is 5.75 Å². The molecule has 1 aliphatic heterocycles. The van der Waals surface area contributed by atoms with Crippen LogP contribution in [0.1, 0.15) is 23.6 Å². The van der Waals surface area contributed by atoms with Crippen LogP contribution in [0.2, 0.25) is 0 Å². The van der Waals surface area contributed by atoms with Gasteiger partial charge in [-0.25, -0.2) is 0 Å². The zero-order valence-corrected chi connectivity index (χ0v) is 14.4. The maximum absolute atomic E-state index is 10.7. The summed E-state index contributed by atoms with van der Waals surface area (Å²) in [6.07, 6.45) is 0.757. The summed E-state index contributed by atoms with van der Waals surface area (Å²) in [6.45, 7) is 0. The average Bonchev–Trinajstić information content (AvgIpc) is 3.12. The Balaban J connectivity index is 1.59. The number of phenolic OH excluding ortho intramolecular Hbond substituents is 1. The van der Waals surface area contributed by atoms with Crippen molar-refractivity contribution in [3.8, 4) is 5.75 Å². The number of aromatic hydroxyl groups is 1. The molecular weight excluding hydrogens is 310 g/mol. The SMILES string of the molecule is CN(C)c1ccc([C@@H]2CC(c3ccc4ccccc4c3O)=NN2)cc1. The first-order valence-corrected chi connectivity index (χ1v) is 8.44. The van der Waals surface area contributed by atoms with Crippen LogP contribution in [-0.4, -0.2) is 24.9 Å². The molecule has 0 saturated heterocycles. The van der Waals surface area contributed by atoms with Crippen LogP contribution in [-0.2, 0) is 0 Å². The first kappa shape index (κ1) is 15.5. The number of rotatable bonds is 3. The molecule has 1 atom stereocenters. The molecule has 1 aliphatic rings. The fraction of sp³-hybridized carbons (Fsp3) is 0.190. The van der Waals surface area contributed by atoms with Gasteiger partial charge >= 0.3 is 0 Å². The van der Waals surface area contributed by atoms with E-state index in [-0.39, 0.29) is 6.04 Å². The topological polar surface area (TPSA) is 47.9 Å². The summed E-state index contributed by atoms with van der Waals surface area (Å²) in [5.74, 6) is 0.308. The monoisotopic (exact) mass is 331 g/mol. The number of fused-ring (bicyclic) bond motifs is 1. The van der Waals surface area contributed by atoms with Crippen LogP contribution in [0.15, 0.2) is 65.8 Å². The Labute approximate surface area is 147 Å². The molecule has 25 heavy (non-hydrogen) atoms. The molecule has 3 aromatic carbocycles. The van der Waals surface area contributed by atoms with Crippen molar-refractivity contribution in [3.05, 3.63) is 71.8 Å². The van der Waals surface area contributed by atoms with Gasteiger partial charge in [-0.3, -0.25) is 0 Å². The maximum Gasteiger partial charge on any atom is 0.132 e. The van der Waals surface area contributed by atoms with Crippen LogP contribution >= 0.6 is 0 Å². The Morgan fingerprint density at radius 1 is 1.00 bits per heavy atom. The van der Waals surface area contributed by atoms with E-state index in [2.05, 4.69) is 39.7 Å². The normalized spacial score (nSPS) is 16.6. The van der Waals surface area contributed by atoms with Gasteiger partial charge in [0.1, 0.15) is 5.75 Å². The number of phenols is 1. The predicted molar refractivity (Wildman–Crippen MR) is 103 cm³/mol. The smallest absolute Gasteiger partial charge is 0.132 e. The Morgan fingerprint density at radius 2 is 1.76 bits per heavy atom. The third kappa shape index (κ3) is 2.80. The molecule has 3 aromatic rings. The lowest BCUT2D eigenvalue weighted by Gasteiger charge is -2.15. The van der Waals surface area contributed by atoms with E-state index in [4.69, 9.17) is 0 Å². The number of hydrogen-bond donors (Lipinski definition) is 2. The van der Waals surface area contributed by atoms with Gasteiger partial charge in [-0.05, 0) is 29.1 Å². The second-order valence-corrected chi connectivity index (χ2v) is 6.61. The quantitative estimate of drug-likeness (QED) is 0.761.